The van der Waals surface area contributed by atoms with Gasteiger partial charge in [0.1, 0.15) is 24.0 Å². The van der Waals surface area contributed by atoms with Crippen LogP contribution < -0.4 is 9.64 Å². The lowest BCUT2D eigenvalue weighted by Gasteiger charge is -2.20. The fourth-order valence-electron chi connectivity index (χ4n) is 4.12. The number of halogens is 2. The maximum atomic E-state index is 14.2. The average molecular weight is 454 g/mol. The quantitative estimate of drug-likeness (QED) is 0.553. The number of carbonyl (C=O) groups excluding carboxylic acids is 2. The largest absolute Gasteiger partial charge is 0.488 e. The Hall–Kier alpha value is -3.26. The third-order valence-electron chi connectivity index (χ3n) is 5.84. The molecule has 3 heterocycles. The van der Waals surface area contributed by atoms with Gasteiger partial charge in [0.25, 0.3) is 11.8 Å². The van der Waals surface area contributed by atoms with Crippen molar-refractivity contribution in [2.45, 2.75) is 19.4 Å². The third-order valence-corrected chi connectivity index (χ3v) is 7.04. The van der Waals surface area contributed by atoms with Crippen molar-refractivity contribution >= 4 is 28.8 Å². The number of hydrogen-bond donors (Lipinski definition) is 0. The molecule has 0 radical (unpaired) electrons. The molecular weight excluding hydrogens is 434 g/mol. The molecule has 5 nitrogen and oxygen atoms in total. The van der Waals surface area contributed by atoms with Crippen LogP contribution in [0.1, 0.15) is 38.4 Å². The van der Waals surface area contributed by atoms with Crippen LogP contribution in [-0.4, -0.2) is 36.9 Å². The van der Waals surface area contributed by atoms with E-state index in [1.165, 1.54) is 29.4 Å². The Kier molecular flexibility index (Phi) is 5.17. The number of amides is 2. The molecule has 0 unspecified atom stereocenters. The van der Waals surface area contributed by atoms with Crippen LogP contribution in [0.3, 0.4) is 0 Å². The zero-order valence-electron chi connectivity index (χ0n) is 17.4. The minimum atomic E-state index is -0.805. The van der Waals surface area contributed by atoms with E-state index in [2.05, 4.69) is 0 Å². The maximum absolute atomic E-state index is 14.2. The summed E-state index contributed by atoms with van der Waals surface area (Å²) in [6.07, 6.45) is 2.03. The molecule has 164 valence electrons. The van der Waals surface area contributed by atoms with E-state index in [0.29, 0.717) is 22.8 Å². The number of fused-ring (bicyclic) bond motifs is 3. The van der Waals surface area contributed by atoms with Gasteiger partial charge in [0, 0.05) is 47.8 Å². The number of anilines is 1. The molecule has 0 N–H and O–H groups in total. The fraction of sp³-hybridized carbons (Fsp3) is 0.250. The summed E-state index contributed by atoms with van der Waals surface area (Å²) in [6, 6.07) is 10.2. The molecule has 0 aliphatic carbocycles. The lowest BCUT2D eigenvalue weighted by Crippen LogP contribution is -2.27. The SMILES string of the molecule is CN(C(=O)c1cc2c(s1)-c1cc(C(=O)N3CCCC3)ccc1OC2)c1ccc(F)cc1F. The second kappa shape index (κ2) is 8.02. The average Bonchev–Trinajstić information content (AvgIpc) is 3.47. The van der Waals surface area contributed by atoms with Gasteiger partial charge in [0.05, 0.1) is 10.6 Å². The summed E-state index contributed by atoms with van der Waals surface area (Å²) in [4.78, 5) is 30.1. The van der Waals surface area contributed by atoms with Gasteiger partial charge < -0.3 is 14.5 Å². The van der Waals surface area contributed by atoms with E-state index >= 15 is 0 Å². The predicted octanol–water partition coefficient (Wildman–Crippen LogP) is 5.10. The Bertz CT molecular complexity index is 1230. The number of hydrogen-bond acceptors (Lipinski definition) is 4. The van der Waals surface area contributed by atoms with Crippen LogP contribution in [0, 0.1) is 11.6 Å². The van der Waals surface area contributed by atoms with Gasteiger partial charge in [-0.05, 0) is 49.2 Å². The summed E-state index contributed by atoms with van der Waals surface area (Å²) in [6.45, 7) is 1.84. The molecule has 1 fully saturated rings. The van der Waals surface area contributed by atoms with Crippen LogP contribution in [0.2, 0.25) is 0 Å². The predicted molar refractivity (Wildman–Crippen MR) is 118 cm³/mol. The van der Waals surface area contributed by atoms with Crippen molar-refractivity contribution in [2.75, 3.05) is 25.0 Å². The smallest absolute Gasteiger partial charge is 0.268 e. The molecule has 32 heavy (non-hydrogen) atoms. The van der Waals surface area contributed by atoms with E-state index < -0.39 is 17.5 Å². The van der Waals surface area contributed by atoms with Gasteiger partial charge in [-0.15, -0.1) is 11.3 Å². The molecule has 5 rings (SSSR count). The Balaban J connectivity index is 1.46. The molecule has 0 atom stereocenters. The van der Waals surface area contributed by atoms with Crippen LogP contribution in [0.4, 0.5) is 14.5 Å². The van der Waals surface area contributed by atoms with Gasteiger partial charge in [-0.1, -0.05) is 0 Å². The van der Waals surface area contributed by atoms with Gasteiger partial charge in [0.2, 0.25) is 0 Å². The van der Waals surface area contributed by atoms with E-state index in [9.17, 15) is 18.4 Å². The van der Waals surface area contributed by atoms with E-state index in [0.717, 1.165) is 54.1 Å². The van der Waals surface area contributed by atoms with E-state index in [1.54, 1.807) is 18.2 Å². The molecule has 1 saturated heterocycles. The van der Waals surface area contributed by atoms with Gasteiger partial charge >= 0.3 is 0 Å². The lowest BCUT2D eigenvalue weighted by molar-refractivity contribution is 0.0792. The van der Waals surface area contributed by atoms with Crippen molar-refractivity contribution in [2.24, 2.45) is 0 Å². The second-order valence-electron chi connectivity index (χ2n) is 7.92. The number of nitrogens with zero attached hydrogens (tertiary/aromatic N) is 2. The third kappa shape index (κ3) is 3.54. The Morgan fingerprint density at radius 3 is 2.59 bits per heavy atom. The molecule has 2 aromatic carbocycles. The topological polar surface area (TPSA) is 49.9 Å². The first-order valence-corrected chi connectivity index (χ1v) is 11.2. The highest BCUT2D eigenvalue weighted by molar-refractivity contribution is 7.17. The Morgan fingerprint density at radius 1 is 1.06 bits per heavy atom. The first kappa shape index (κ1) is 20.6. The number of rotatable bonds is 3. The molecule has 2 amide bonds. The van der Waals surface area contributed by atoms with Crippen LogP contribution >= 0.6 is 11.3 Å². The van der Waals surface area contributed by atoms with Gasteiger partial charge in [-0.3, -0.25) is 9.59 Å². The van der Waals surface area contributed by atoms with Crippen LogP contribution in [0.5, 0.6) is 5.75 Å². The number of carbonyl (C=O) groups is 2. The van der Waals surface area contributed by atoms with Crippen LogP contribution in [-0.2, 0) is 6.61 Å². The highest BCUT2D eigenvalue weighted by Crippen LogP contribution is 2.43. The minimum absolute atomic E-state index is 0.00193. The molecular formula is C24H20F2N2O3S. The summed E-state index contributed by atoms with van der Waals surface area (Å²) >= 11 is 1.28. The summed E-state index contributed by atoms with van der Waals surface area (Å²) in [5.74, 6) is -1.25. The molecule has 1 aromatic heterocycles. The van der Waals surface area contributed by atoms with Crippen LogP contribution in [0.15, 0.2) is 42.5 Å². The minimum Gasteiger partial charge on any atom is -0.488 e. The highest BCUT2D eigenvalue weighted by Gasteiger charge is 2.27. The van der Waals surface area contributed by atoms with Crippen molar-refractivity contribution in [1.29, 1.82) is 0 Å². The number of ether oxygens (including phenoxy) is 1. The molecule has 0 saturated carbocycles. The summed E-state index contributed by atoms with van der Waals surface area (Å²) in [7, 11) is 1.45. The lowest BCUT2D eigenvalue weighted by atomic mass is 10.0. The Morgan fingerprint density at radius 2 is 1.84 bits per heavy atom. The normalized spacial score (nSPS) is 14.5. The zero-order valence-corrected chi connectivity index (χ0v) is 18.2. The first-order valence-electron chi connectivity index (χ1n) is 10.3. The van der Waals surface area contributed by atoms with Gasteiger partial charge in [-0.2, -0.15) is 0 Å². The zero-order chi connectivity index (χ0) is 22.4. The summed E-state index contributed by atoms with van der Waals surface area (Å²) in [5.41, 5.74) is 2.20. The van der Waals surface area contributed by atoms with Crippen molar-refractivity contribution in [1.82, 2.24) is 4.90 Å². The summed E-state index contributed by atoms with van der Waals surface area (Å²) in [5, 5.41) is 0. The van der Waals surface area contributed by atoms with E-state index in [1.807, 2.05) is 11.0 Å². The van der Waals surface area contributed by atoms with Gasteiger partial charge in [-0.25, -0.2) is 8.78 Å². The number of benzene rings is 2. The van der Waals surface area contributed by atoms with Gasteiger partial charge in [0.15, 0.2) is 0 Å². The van der Waals surface area contributed by atoms with E-state index in [4.69, 9.17) is 4.74 Å². The highest BCUT2D eigenvalue weighted by atomic mass is 32.1. The maximum Gasteiger partial charge on any atom is 0.268 e. The Labute approximate surface area is 187 Å². The molecule has 0 spiro atoms. The van der Waals surface area contributed by atoms with Crippen molar-refractivity contribution < 1.29 is 23.1 Å². The molecule has 8 heteroatoms. The second-order valence-corrected chi connectivity index (χ2v) is 8.98. The van der Waals surface area contributed by atoms with E-state index in [-0.39, 0.29) is 11.6 Å². The number of likely N-dealkylation sites (tertiary alicyclic amines) is 1. The van der Waals surface area contributed by atoms with Crippen molar-refractivity contribution in [3.8, 4) is 16.2 Å². The molecule has 2 aliphatic rings. The van der Waals surface area contributed by atoms with Crippen molar-refractivity contribution in [3.63, 3.8) is 0 Å². The fourth-order valence-corrected chi connectivity index (χ4v) is 5.29. The monoisotopic (exact) mass is 454 g/mol. The molecule has 0 bridgehead atoms. The summed E-state index contributed by atoms with van der Waals surface area (Å²) < 4.78 is 33.2. The van der Waals surface area contributed by atoms with Crippen molar-refractivity contribution in [3.05, 3.63) is 70.1 Å². The molecule has 2 aliphatic heterocycles. The first-order chi connectivity index (χ1) is 15.4. The van der Waals surface area contributed by atoms with Crippen LogP contribution in [0.25, 0.3) is 10.4 Å². The molecule has 3 aromatic rings. The standard InChI is InChI=1S/C24H20F2N2O3S/c1-27(19-6-5-16(25)12-18(19)26)24(30)21-11-15-13-31-20-7-4-14(10-17(20)22(15)32-21)23(29)28-8-2-3-9-28/h4-7,10-12H,2-3,8-9,13H2,1H3. The number of thiophene rings is 1.